The van der Waals surface area contributed by atoms with Crippen LogP contribution in [0.4, 0.5) is 4.39 Å². The molecule has 2 fully saturated rings. The molecule has 1 saturated heterocycles. The van der Waals surface area contributed by atoms with Gasteiger partial charge >= 0.3 is 5.97 Å². The Morgan fingerprint density at radius 3 is 2.85 bits per heavy atom. The number of hydrogen-bond acceptors (Lipinski definition) is 6. The number of fused-ring (bicyclic) bond motifs is 1. The zero-order valence-corrected chi connectivity index (χ0v) is 19.0. The van der Waals surface area contributed by atoms with E-state index in [4.69, 9.17) is 14.2 Å². The van der Waals surface area contributed by atoms with Gasteiger partial charge in [-0.2, -0.15) is 0 Å². The number of carboxylic acids is 1. The van der Waals surface area contributed by atoms with Crippen LogP contribution in [0.2, 0.25) is 0 Å². The predicted octanol–water partition coefficient (Wildman–Crippen LogP) is 3.18. The smallest absolute Gasteiger partial charge is 0.332 e. The van der Waals surface area contributed by atoms with Gasteiger partial charge in [0.15, 0.2) is 17.7 Å². The highest BCUT2D eigenvalue weighted by Gasteiger charge is 2.43. The number of carboxylic acid groups (broad SMARTS) is 1. The number of ether oxygens (including phenoxy) is 3. The average Bonchev–Trinajstić information content (AvgIpc) is 2.95. The van der Waals surface area contributed by atoms with Gasteiger partial charge in [0.05, 0.1) is 25.4 Å². The molecular formula is C25H35FO7. The van der Waals surface area contributed by atoms with Crippen LogP contribution in [0, 0.1) is 23.6 Å². The first kappa shape index (κ1) is 25.6. The van der Waals surface area contributed by atoms with Crippen molar-refractivity contribution in [2.75, 3.05) is 19.8 Å². The van der Waals surface area contributed by atoms with E-state index in [9.17, 15) is 24.5 Å². The SMILES string of the molecule is CCCC(OC[C@@H]1CC[C@@H]2[C@@H](C=C[C@@H](O)COc3ccccc3F)[C@H](O)C[C@@H]2OC1)C(=O)O. The first-order chi connectivity index (χ1) is 15.9. The Kier molecular flexibility index (Phi) is 9.67. The zero-order valence-electron chi connectivity index (χ0n) is 19.0. The molecule has 1 aromatic rings. The third kappa shape index (κ3) is 7.24. The van der Waals surface area contributed by atoms with E-state index in [-0.39, 0.29) is 36.2 Å². The maximum absolute atomic E-state index is 13.6. The summed E-state index contributed by atoms with van der Waals surface area (Å²) in [6.45, 7) is 2.65. The summed E-state index contributed by atoms with van der Waals surface area (Å²) in [5.41, 5.74) is 0. The van der Waals surface area contributed by atoms with Gasteiger partial charge in [-0.3, -0.25) is 0 Å². The summed E-state index contributed by atoms with van der Waals surface area (Å²) in [7, 11) is 0. The standard InChI is InChI=1S/C25H35FO7/c1-2-5-23(25(29)30)31-13-16-8-10-19-18(21(28)12-24(19)32-14-16)11-9-17(27)15-33-22-7-4-3-6-20(22)26/h3-4,6-7,9,11,16-19,21,23-24,27-28H,2,5,8,10,12-15H2,1H3,(H,29,30)/t16-,17+,18+,19+,21+,23?,24-/m0/s1. The first-order valence-corrected chi connectivity index (χ1v) is 11.8. The minimum absolute atomic E-state index is 0.0837. The van der Waals surface area contributed by atoms with Gasteiger partial charge < -0.3 is 29.5 Å². The Hall–Kier alpha value is -2.00. The minimum atomic E-state index is -0.936. The van der Waals surface area contributed by atoms with Crippen LogP contribution in [0.25, 0.3) is 0 Å². The van der Waals surface area contributed by atoms with E-state index in [0.29, 0.717) is 26.1 Å². The molecule has 0 bridgehead atoms. The van der Waals surface area contributed by atoms with Gasteiger partial charge in [-0.1, -0.05) is 37.6 Å². The van der Waals surface area contributed by atoms with Crippen molar-refractivity contribution in [3.63, 3.8) is 0 Å². The number of aliphatic carboxylic acids is 1. The van der Waals surface area contributed by atoms with Gasteiger partial charge in [-0.25, -0.2) is 9.18 Å². The van der Waals surface area contributed by atoms with E-state index in [2.05, 4.69) is 0 Å². The van der Waals surface area contributed by atoms with Gasteiger partial charge in [0.1, 0.15) is 12.7 Å². The quantitative estimate of drug-likeness (QED) is 0.430. The monoisotopic (exact) mass is 466 g/mol. The molecule has 7 atom stereocenters. The number of hydrogen-bond donors (Lipinski definition) is 3. The summed E-state index contributed by atoms with van der Waals surface area (Å²) in [6.07, 6.45) is 4.40. The lowest BCUT2D eigenvalue weighted by molar-refractivity contribution is -0.152. The maximum atomic E-state index is 13.6. The van der Waals surface area contributed by atoms with Crippen molar-refractivity contribution >= 4 is 5.97 Å². The molecule has 0 aromatic heterocycles. The van der Waals surface area contributed by atoms with Crippen molar-refractivity contribution in [3.8, 4) is 5.75 Å². The van der Waals surface area contributed by atoms with E-state index >= 15 is 0 Å². The van der Waals surface area contributed by atoms with Crippen LogP contribution >= 0.6 is 0 Å². The Labute approximate surface area is 194 Å². The molecule has 1 saturated carbocycles. The van der Waals surface area contributed by atoms with Crippen LogP contribution in [-0.2, 0) is 14.3 Å². The number of halogens is 1. The third-order valence-electron chi connectivity index (χ3n) is 6.51. The van der Waals surface area contributed by atoms with Gasteiger partial charge in [0.25, 0.3) is 0 Å². The summed E-state index contributed by atoms with van der Waals surface area (Å²) in [5.74, 6) is -1.29. The van der Waals surface area contributed by atoms with Crippen molar-refractivity contribution in [1.29, 1.82) is 0 Å². The summed E-state index contributed by atoms with van der Waals surface area (Å²) < 4.78 is 30.7. The Morgan fingerprint density at radius 1 is 1.33 bits per heavy atom. The Morgan fingerprint density at radius 2 is 2.12 bits per heavy atom. The molecule has 8 heteroatoms. The predicted molar refractivity (Wildman–Crippen MR) is 119 cm³/mol. The summed E-state index contributed by atoms with van der Waals surface area (Å²) in [6, 6.07) is 6.02. The number of aliphatic hydroxyl groups excluding tert-OH is 2. The van der Waals surface area contributed by atoms with Crippen LogP contribution in [0.15, 0.2) is 36.4 Å². The highest BCUT2D eigenvalue weighted by Crippen LogP contribution is 2.41. The second kappa shape index (κ2) is 12.5. The number of para-hydroxylation sites is 1. The maximum Gasteiger partial charge on any atom is 0.332 e. The molecule has 184 valence electrons. The van der Waals surface area contributed by atoms with E-state index < -0.39 is 30.1 Å². The second-order valence-corrected chi connectivity index (χ2v) is 9.00. The molecule has 3 rings (SSSR count). The van der Waals surface area contributed by atoms with Crippen molar-refractivity contribution in [3.05, 3.63) is 42.2 Å². The van der Waals surface area contributed by atoms with Crippen LogP contribution in [0.1, 0.15) is 39.0 Å². The highest BCUT2D eigenvalue weighted by molar-refractivity contribution is 5.72. The molecule has 0 amide bonds. The minimum Gasteiger partial charge on any atom is -0.487 e. The van der Waals surface area contributed by atoms with Gasteiger partial charge in [0.2, 0.25) is 0 Å². The van der Waals surface area contributed by atoms with Crippen LogP contribution in [0.3, 0.4) is 0 Å². The van der Waals surface area contributed by atoms with Crippen LogP contribution in [0.5, 0.6) is 5.75 Å². The molecular weight excluding hydrogens is 431 g/mol. The highest BCUT2D eigenvalue weighted by atomic mass is 19.1. The van der Waals surface area contributed by atoms with E-state index in [0.717, 1.165) is 19.3 Å². The molecule has 1 heterocycles. The molecule has 1 unspecified atom stereocenters. The van der Waals surface area contributed by atoms with Crippen molar-refractivity contribution < 1.29 is 38.7 Å². The van der Waals surface area contributed by atoms with Crippen LogP contribution < -0.4 is 4.74 Å². The Bertz CT molecular complexity index is 786. The summed E-state index contributed by atoms with van der Waals surface area (Å²) in [5, 5.41) is 30.1. The fourth-order valence-corrected chi connectivity index (χ4v) is 4.69. The number of aliphatic hydroxyl groups is 2. The van der Waals surface area contributed by atoms with E-state index in [1.54, 1.807) is 18.2 Å². The number of rotatable bonds is 11. The lowest BCUT2D eigenvalue weighted by Gasteiger charge is -2.21. The molecule has 33 heavy (non-hydrogen) atoms. The van der Waals surface area contributed by atoms with Crippen molar-refractivity contribution in [2.24, 2.45) is 17.8 Å². The number of carbonyl (C=O) groups is 1. The topological polar surface area (TPSA) is 105 Å². The Balaban J connectivity index is 1.50. The first-order valence-electron chi connectivity index (χ1n) is 11.8. The zero-order chi connectivity index (χ0) is 23.8. The van der Waals surface area contributed by atoms with Crippen LogP contribution in [-0.4, -0.2) is 65.5 Å². The molecule has 1 aromatic carbocycles. The van der Waals surface area contributed by atoms with E-state index in [1.807, 2.05) is 13.0 Å². The van der Waals surface area contributed by atoms with Gasteiger partial charge in [-0.05, 0) is 37.3 Å². The average molecular weight is 467 g/mol. The molecule has 3 N–H and O–H groups in total. The lowest BCUT2D eigenvalue weighted by atomic mass is 9.87. The molecule has 1 aliphatic carbocycles. The fraction of sp³-hybridized carbons (Fsp3) is 0.640. The molecule has 0 spiro atoms. The molecule has 1 aliphatic heterocycles. The van der Waals surface area contributed by atoms with Crippen molar-refractivity contribution in [1.82, 2.24) is 0 Å². The molecule has 7 nitrogen and oxygen atoms in total. The van der Waals surface area contributed by atoms with E-state index in [1.165, 1.54) is 12.1 Å². The third-order valence-corrected chi connectivity index (χ3v) is 6.51. The molecule has 0 radical (unpaired) electrons. The summed E-state index contributed by atoms with van der Waals surface area (Å²) in [4.78, 5) is 11.3. The summed E-state index contributed by atoms with van der Waals surface area (Å²) >= 11 is 0. The normalized spacial score (nSPS) is 29.4. The fourth-order valence-electron chi connectivity index (χ4n) is 4.69. The molecule has 2 aliphatic rings. The number of benzene rings is 1. The van der Waals surface area contributed by atoms with Gasteiger partial charge in [0, 0.05) is 18.3 Å². The van der Waals surface area contributed by atoms with Gasteiger partial charge in [-0.15, -0.1) is 0 Å². The van der Waals surface area contributed by atoms with Crippen molar-refractivity contribution in [2.45, 2.75) is 63.4 Å². The lowest BCUT2D eigenvalue weighted by Crippen LogP contribution is -2.27. The largest absolute Gasteiger partial charge is 0.487 e. The second-order valence-electron chi connectivity index (χ2n) is 9.00.